The second kappa shape index (κ2) is 19.1. The Bertz CT molecular complexity index is 1120. The Balaban J connectivity index is 1.45. The van der Waals surface area contributed by atoms with Crippen molar-refractivity contribution in [3.63, 3.8) is 0 Å². The molecule has 0 aliphatic heterocycles. The van der Waals surface area contributed by atoms with Gasteiger partial charge in [-0.3, -0.25) is 4.79 Å². The molecule has 0 saturated heterocycles. The Morgan fingerprint density at radius 3 is 1.63 bits per heavy atom. The number of unbranched alkanes of at least 4 members (excludes halogenated alkanes) is 11. The molecular formula is C38H52O3. The molecule has 0 radical (unpaired) electrons. The van der Waals surface area contributed by atoms with Gasteiger partial charge in [0.2, 0.25) is 0 Å². The second-order valence-corrected chi connectivity index (χ2v) is 11.3. The third-order valence-electron chi connectivity index (χ3n) is 7.84. The number of hydrogen-bond donors (Lipinski definition) is 0. The molecule has 41 heavy (non-hydrogen) atoms. The lowest BCUT2D eigenvalue weighted by molar-refractivity contribution is -0.148. The van der Waals surface area contributed by atoms with E-state index in [-0.39, 0.29) is 12.1 Å². The zero-order chi connectivity index (χ0) is 29.1. The van der Waals surface area contributed by atoms with Crippen LogP contribution in [0.5, 0.6) is 5.75 Å². The fourth-order valence-corrected chi connectivity index (χ4v) is 5.25. The Hall–Kier alpha value is -3.07. The number of carbonyl (C=O) groups excluding carboxylic acids is 1. The van der Waals surface area contributed by atoms with E-state index in [1.807, 2.05) is 6.92 Å². The van der Waals surface area contributed by atoms with Crippen molar-refractivity contribution in [1.29, 1.82) is 0 Å². The van der Waals surface area contributed by atoms with Crippen LogP contribution in [0, 0.1) is 0 Å². The van der Waals surface area contributed by atoms with Gasteiger partial charge in [-0.2, -0.15) is 0 Å². The molecule has 0 spiro atoms. The van der Waals surface area contributed by atoms with Gasteiger partial charge in [-0.1, -0.05) is 145 Å². The second-order valence-electron chi connectivity index (χ2n) is 11.3. The van der Waals surface area contributed by atoms with Gasteiger partial charge < -0.3 is 9.47 Å². The summed E-state index contributed by atoms with van der Waals surface area (Å²) in [7, 11) is 0. The number of ether oxygens (including phenoxy) is 2. The van der Waals surface area contributed by atoms with Gasteiger partial charge in [-0.05, 0) is 59.7 Å². The minimum atomic E-state index is -0.249. The van der Waals surface area contributed by atoms with Gasteiger partial charge in [0.25, 0.3) is 0 Å². The van der Waals surface area contributed by atoms with Gasteiger partial charge in [-0.25, -0.2) is 0 Å². The number of esters is 1. The van der Waals surface area contributed by atoms with Crippen LogP contribution in [0.15, 0.2) is 72.8 Å². The van der Waals surface area contributed by atoms with E-state index in [1.54, 1.807) is 0 Å². The topological polar surface area (TPSA) is 35.5 Å². The monoisotopic (exact) mass is 556 g/mol. The van der Waals surface area contributed by atoms with Crippen molar-refractivity contribution in [3.8, 4) is 28.0 Å². The van der Waals surface area contributed by atoms with E-state index in [0.717, 1.165) is 42.7 Å². The largest absolute Gasteiger partial charge is 0.494 e. The van der Waals surface area contributed by atoms with Crippen LogP contribution in [0.1, 0.15) is 122 Å². The third kappa shape index (κ3) is 11.7. The Morgan fingerprint density at radius 1 is 0.610 bits per heavy atom. The molecule has 1 unspecified atom stereocenters. The smallest absolute Gasteiger partial charge is 0.306 e. The normalized spacial score (nSPS) is 11.8. The maximum absolute atomic E-state index is 12.0. The van der Waals surface area contributed by atoms with Crippen molar-refractivity contribution >= 4 is 5.97 Å². The van der Waals surface area contributed by atoms with Crippen molar-refractivity contribution in [2.45, 2.75) is 117 Å². The number of hydrogen-bond acceptors (Lipinski definition) is 3. The van der Waals surface area contributed by atoms with Crippen molar-refractivity contribution in [2.75, 3.05) is 6.61 Å². The molecule has 3 rings (SSSR count). The predicted molar refractivity (Wildman–Crippen MR) is 173 cm³/mol. The molecule has 0 amide bonds. The van der Waals surface area contributed by atoms with Crippen LogP contribution in [0.3, 0.4) is 0 Å². The first kappa shape index (κ1) is 32.4. The summed E-state index contributed by atoms with van der Waals surface area (Å²) in [6, 6.07) is 25.3. The van der Waals surface area contributed by atoms with Gasteiger partial charge >= 0.3 is 5.97 Å². The fourth-order valence-electron chi connectivity index (χ4n) is 5.25. The highest BCUT2D eigenvalue weighted by Gasteiger charge is 2.13. The summed E-state index contributed by atoms with van der Waals surface area (Å²) in [6.07, 6.45) is 16.9. The van der Waals surface area contributed by atoms with Gasteiger partial charge in [0.1, 0.15) is 11.9 Å². The number of benzene rings is 3. The predicted octanol–water partition coefficient (Wildman–Crippen LogP) is 11.5. The van der Waals surface area contributed by atoms with Crippen LogP contribution in [-0.4, -0.2) is 12.6 Å². The summed E-state index contributed by atoms with van der Waals surface area (Å²) in [6.45, 7) is 7.08. The standard InChI is InChI=1S/C38H52O3/c1-4-6-8-9-10-11-12-13-14-15-18-30-40-35-28-26-34(27-29-35)37-20-17-16-19-36(37)33-24-22-32(23-25-33)31(3)41-38(39)21-7-5-2/h16-17,19-20,22-29,31H,4-15,18,21,30H2,1-3H3. The minimum Gasteiger partial charge on any atom is -0.494 e. The first-order valence-electron chi connectivity index (χ1n) is 16.2. The molecule has 222 valence electrons. The SMILES string of the molecule is CCCCCCCCCCCCCOc1ccc(-c2ccccc2-c2ccc(C(C)OC(=O)CCCC)cc2)cc1. The van der Waals surface area contributed by atoms with E-state index in [0.29, 0.717) is 6.42 Å². The molecule has 0 N–H and O–H groups in total. The quantitative estimate of drug-likeness (QED) is 0.103. The molecule has 0 heterocycles. The minimum absolute atomic E-state index is 0.125. The van der Waals surface area contributed by atoms with E-state index in [4.69, 9.17) is 9.47 Å². The first-order chi connectivity index (χ1) is 20.1. The summed E-state index contributed by atoms with van der Waals surface area (Å²) in [5, 5.41) is 0. The summed E-state index contributed by atoms with van der Waals surface area (Å²) in [4.78, 5) is 12.0. The van der Waals surface area contributed by atoms with Gasteiger partial charge in [-0.15, -0.1) is 0 Å². The molecule has 0 saturated carbocycles. The molecule has 0 bridgehead atoms. The zero-order valence-corrected chi connectivity index (χ0v) is 25.8. The Morgan fingerprint density at radius 2 is 1.10 bits per heavy atom. The lowest BCUT2D eigenvalue weighted by atomic mass is 9.94. The third-order valence-corrected chi connectivity index (χ3v) is 7.84. The summed E-state index contributed by atoms with van der Waals surface area (Å²) in [5.41, 5.74) is 5.70. The molecule has 0 fully saturated rings. The highest BCUT2D eigenvalue weighted by Crippen LogP contribution is 2.33. The average Bonchev–Trinajstić information content (AvgIpc) is 3.01. The number of rotatable bonds is 20. The maximum Gasteiger partial charge on any atom is 0.306 e. The molecule has 3 aromatic rings. The Labute approximate surface area is 249 Å². The zero-order valence-electron chi connectivity index (χ0n) is 25.8. The molecule has 3 heteroatoms. The summed E-state index contributed by atoms with van der Waals surface area (Å²) < 4.78 is 11.7. The first-order valence-corrected chi connectivity index (χ1v) is 16.2. The highest BCUT2D eigenvalue weighted by molar-refractivity contribution is 5.83. The van der Waals surface area contributed by atoms with E-state index < -0.39 is 0 Å². The van der Waals surface area contributed by atoms with Crippen molar-refractivity contribution in [1.82, 2.24) is 0 Å². The van der Waals surface area contributed by atoms with Gasteiger partial charge in [0.15, 0.2) is 0 Å². The van der Waals surface area contributed by atoms with Crippen molar-refractivity contribution in [2.24, 2.45) is 0 Å². The van der Waals surface area contributed by atoms with E-state index in [9.17, 15) is 4.79 Å². The average molecular weight is 557 g/mol. The molecule has 0 aliphatic carbocycles. The number of carbonyl (C=O) groups is 1. The molecule has 1 atom stereocenters. The van der Waals surface area contributed by atoms with E-state index in [1.165, 1.54) is 80.9 Å². The van der Waals surface area contributed by atoms with Crippen LogP contribution in [0.25, 0.3) is 22.3 Å². The molecular weight excluding hydrogens is 504 g/mol. The van der Waals surface area contributed by atoms with Crippen LogP contribution in [0.4, 0.5) is 0 Å². The van der Waals surface area contributed by atoms with Crippen molar-refractivity contribution < 1.29 is 14.3 Å². The van der Waals surface area contributed by atoms with E-state index in [2.05, 4.69) is 86.6 Å². The maximum atomic E-state index is 12.0. The molecule has 0 aromatic heterocycles. The van der Waals surface area contributed by atoms with Crippen LogP contribution < -0.4 is 4.74 Å². The van der Waals surface area contributed by atoms with Gasteiger partial charge in [0, 0.05) is 6.42 Å². The van der Waals surface area contributed by atoms with Gasteiger partial charge in [0.05, 0.1) is 6.61 Å². The molecule has 3 aromatic carbocycles. The lowest BCUT2D eigenvalue weighted by Gasteiger charge is -2.15. The lowest BCUT2D eigenvalue weighted by Crippen LogP contribution is -2.08. The van der Waals surface area contributed by atoms with E-state index >= 15 is 0 Å². The molecule has 0 aliphatic rings. The Kier molecular flexibility index (Phi) is 15.1. The highest BCUT2D eigenvalue weighted by atomic mass is 16.5. The summed E-state index contributed by atoms with van der Waals surface area (Å²) >= 11 is 0. The summed E-state index contributed by atoms with van der Waals surface area (Å²) in [5.74, 6) is 0.810. The molecule has 3 nitrogen and oxygen atoms in total. The van der Waals surface area contributed by atoms with Crippen LogP contribution in [-0.2, 0) is 9.53 Å². The van der Waals surface area contributed by atoms with Crippen LogP contribution in [0.2, 0.25) is 0 Å². The van der Waals surface area contributed by atoms with Crippen molar-refractivity contribution in [3.05, 3.63) is 78.4 Å². The fraction of sp³-hybridized carbons (Fsp3) is 0.500. The van der Waals surface area contributed by atoms with Crippen LogP contribution >= 0.6 is 0 Å².